The Morgan fingerprint density at radius 2 is 0.630 bits per heavy atom. The molecule has 0 unspecified atom stereocenters. The Kier molecular flexibility index (Phi) is 7.90. The molecular weight excluding hydrogens is 384 g/mol. The van der Waals surface area contributed by atoms with Crippen molar-refractivity contribution in [3.8, 4) is 0 Å². The quantitative estimate of drug-likeness (QED) is 0.398. The van der Waals surface area contributed by atoms with Crippen LogP contribution in [0.25, 0.3) is 0 Å². The molecule has 0 N–H and O–H groups in total. The maximum Gasteiger partial charge on any atom is 0.326 e. The second-order valence-electron chi connectivity index (χ2n) is 11.6. The molecule has 27 heavy (non-hydrogen) atoms. The lowest BCUT2D eigenvalue weighted by molar-refractivity contribution is 0.158. The zero-order valence-corrected chi connectivity index (χ0v) is 23.5. The van der Waals surface area contributed by atoms with E-state index in [2.05, 4.69) is 83.1 Å². The van der Waals surface area contributed by atoms with E-state index in [1.54, 1.807) is 0 Å². The Balaban J connectivity index is 3.79. The van der Waals surface area contributed by atoms with Crippen LogP contribution in [0.3, 0.4) is 0 Å². The average Bonchev–Trinajstić information content (AvgIpc) is 2.44. The summed E-state index contributed by atoms with van der Waals surface area (Å²) in [4.78, 5) is 0. The molecule has 0 radical (unpaired) electrons. The van der Waals surface area contributed by atoms with E-state index in [1.165, 1.54) is 0 Å². The van der Waals surface area contributed by atoms with Crippen LogP contribution in [0.15, 0.2) is 0 Å². The van der Waals surface area contributed by atoms with Crippen molar-refractivity contribution < 1.29 is 12.3 Å². The van der Waals surface area contributed by atoms with Crippen molar-refractivity contribution in [2.75, 3.05) is 0 Å². The SMILES string of the molecule is CCC[Si]1(C(C)(C)C)O[Si](CCC)(C(C)(C)C)O[Si](CCC)(C(C)(C)C)O1. The molecule has 1 aliphatic rings. The van der Waals surface area contributed by atoms with E-state index in [4.69, 9.17) is 12.3 Å². The summed E-state index contributed by atoms with van der Waals surface area (Å²) < 4.78 is 22.0. The molecular formula is C21H48O3Si3. The van der Waals surface area contributed by atoms with Crippen molar-refractivity contribution in [3.05, 3.63) is 0 Å². The third-order valence-corrected chi connectivity index (χ3v) is 24.4. The van der Waals surface area contributed by atoms with Gasteiger partial charge in [-0.05, 0) is 18.1 Å². The molecule has 162 valence electrons. The van der Waals surface area contributed by atoms with Gasteiger partial charge in [0.25, 0.3) is 0 Å². The monoisotopic (exact) mass is 432 g/mol. The van der Waals surface area contributed by atoms with Gasteiger partial charge in [0, 0.05) is 15.1 Å². The van der Waals surface area contributed by atoms with Gasteiger partial charge in [0.2, 0.25) is 0 Å². The van der Waals surface area contributed by atoms with Crippen molar-refractivity contribution in [1.29, 1.82) is 0 Å². The van der Waals surface area contributed by atoms with Crippen LogP contribution < -0.4 is 0 Å². The second-order valence-corrected chi connectivity index (χ2v) is 24.5. The summed E-state index contributed by atoms with van der Waals surface area (Å²) in [5, 5.41) is 0.129. The van der Waals surface area contributed by atoms with Crippen LogP contribution in [-0.4, -0.2) is 25.7 Å². The van der Waals surface area contributed by atoms with E-state index in [0.29, 0.717) is 0 Å². The molecule has 0 amide bonds. The van der Waals surface area contributed by atoms with Gasteiger partial charge in [-0.15, -0.1) is 0 Å². The third kappa shape index (κ3) is 4.82. The molecule has 0 saturated carbocycles. The molecule has 0 bridgehead atoms. The van der Waals surface area contributed by atoms with Crippen LogP contribution in [0, 0.1) is 0 Å². The van der Waals surface area contributed by atoms with E-state index >= 15 is 0 Å². The third-order valence-electron chi connectivity index (χ3n) is 6.15. The van der Waals surface area contributed by atoms with Crippen molar-refractivity contribution in [2.45, 2.75) is 136 Å². The summed E-state index contributed by atoms with van der Waals surface area (Å²) in [5.41, 5.74) is 0. The summed E-state index contributed by atoms with van der Waals surface area (Å²) in [6.07, 6.45) is 3.35. The van der Waals surface area contributed by atoms with Gasteiger partial charge in [0.1, 0.15) is 0 Å². The van der Waals surface area contributed by atoms with Gasteiger partial charge in [-0.25, -0.2) is 0 Å². The maximum absolute atomic E-state index is 7.34. The molecule has 0 aromatic heterocycles. The first kappa shape index (κ1) is 25.6. The average molecular weight is 433 g/mol. The molecule has 1 fully saturated rings. The summed E-state index contributed by atoms with van der Waals surface area (Å²) in [5.74, 6) is 0. The molecule has 0 aliphatic carbocycles. The fourth-order valence-corrected chi connectivity index (χ4v) is 26.2. The minimum Gasteiger partial charge on any atom is -0.415 e. The number of rotatable bonds is 6. The van der Waals surface area contributed by atoms with Gasteiger partial charge in [-0.2, -0.15) is 0 Å². The highest BCUT2D eigenvalue weighted by molar-refractivity contribution is 6.97. The molecule has 0 spiro atoms. The number of hydrogen-bond acceptors (Lipinski definition) is 3. The van der Waals surface area contributed by atoms with E-state index in [1.807, 2.05) is 0 Å². The summed E-state index contributed by atoms with van der Waals surface area (Å²) >= 11 is 0. The molecule has 0 aromatic rings. The normalized spacial score (nSPS) is 33.3. The molecule has 1 heterocycles. The first-order valence-electron chi connectivity index (χ1n) is 11.2. The smallest absolute Gasteiger partial charge is 0.326 e. The Hall–Kier alpha value is 0.531. The van der Waals surface area contributed by atoms with Crippen molar-refractivity contribution in [1.82, 2.24) is 0 Å². The Morgan fingerprint density at radius 1 is 0.444 bits per heavy atom. The molecule has 3 nitrogen and oxygen atoms in total. The molecule has 0 aromatic carbocycles. The molecule has 1 saturated heterocycles. The maximum atomic E-state index is 7.34. The summed E-state index contributed by atoms with van der Waals surface area (Å²) in [6, 6.07) is 3.22. The first-order chi connectivity index (χ1) is 12.1. The lowest BCUT2D eigenvalue weighted by atomic mass is 10.2. The summed E-state index contributed by atoms with van der Waals surface area (Å²) in [7, 11) is -7.35. The Bertz CT molecular complexity index is 409. The predicted molar refractivity (Wildman–Crippen MR) is 125 cm³/mol. The Morgan fingerprint density at radius 3 is 0.741 bits per heavy atom. The predicted octanol–water partition coefficient (Wildman–Crippen LogP) is 8.01. The molecule has 1 aliphatic heterocycles. The lowest BCUT2D eigenvalue weighted by Gasteiger charge is -2.63. The van der Waals surface area contributed by atoms with Gasteiger partial charge in [0.05, 0.1) is 0 Å². The summed E-state index contributed by atoms with van der Waals surface area (Å²) in [6.45, 7) is 28.0. The van der Waals surface area contributed by atoms with Gasteiger partial charge >= 0.3 is 25.7 Å². The fourth-order valence-electron chi connectivity index (χ4n) is 4.20. The van der Waals surface area contributed by atoms with Gasteiger partial charge in [-0.1, -0.05) is 102 Å². The van der Waals surface area contributed by atoms with Crippen LogP contribution in [0.2, 0.25) is 33.2 Å². The highest BCUT2D eigenvalue weighted by Gasteiger charge is 2.70. The van der Waals surface area contributed by atoms with Crippen molar-refractivity contribution in [3.63, 3.8) is 0 Å². The number of hydrogen-bond donors (Lipinski definition) is 0. The van der Waals surface area contributed by atoms with Crippen LogP contribution >= 0.6 is 0 Å². The van der Waals surface area contributed by atoms with Crippen LogP contribution in [-0.2, 0) is 12.3 Å². The molecule has 0 atom stereocenters. The minimum atomic E-state index is -2.45. The van der Waals surface area contributed by atoms with Crippen LogP contribution in [0.1, 0.15) is 102 Å². The zero-order valence-electron chi connectivity index (χ0n) is 20.5. The van der Waals surface area contributed by atoms with E-state index in [-0.39, 0.29) is 15.1 Å². The lowest BCUT2D eigenvalue weighted by Crippen LogP contribution is -2.76. The van der Waals surface area contributed by atoms with Crippen LogP contribution in [0.5, 0.6) is 0 Å². The van der Waals surface area contributed by atoms with E-state index in [9.17, 15) is 0 Å². The van der Waals surface area contributed by atoms with Gasteiger partial charge in [-0.3, -0.25) is 0 Å². The largest absolute Gasteiger partial charge is 0.415 e. The standard InChI is InChI=1S/C21H48O3Si3/c1-13-16-25(19(4,5)6)22-26(17-14-2,20(7,8)9)24-27(23-25,18-15-3)21(10,11)12/h13-18H2,1-12H3. The topological polar surface area (TPSA) is 27.7 Å². The van der Waals surface area contributed by atoms with Gasteiger partial charge < -0.3 is 12.3 Å². The highest BCUT2D eigenvalue weighted by atomic mass is 28.5. The minimum absolute atomic E-state index is 0.0429. The molecule has 6 heteroatoms. The molecule has 1 rings (SSSR count). The Labute approximate surface area is 173 Å². The van der Waals surface area contributed by atoms with Crippen LogP contribution in [0.4, 0.5) is 0 Å². The first-order valence-corrected chi connectivity index (χ1v) is 17.2. The van der Waals surface area contributed by atoms with E-state index in [0.717, 1.165) is 37.4 Å². The zero-order chi connectivity index (χ0) is 21.4. The fraction of sp³-hybridized carbons (Fsp3) is 1.00. The van der Waals surface area contributed by atoms with E-state index < -0.39 is 25.7 Å². The van der Waals surface area contributed by atoms with Gasteiger partial charge in [0.15, 0.2) is 0 Å². The second kappa shape index (κ2) is 8.34. The highest BCUT2D eigenvalue weighted by Crippen LogP contribution is 2.59. The van der Waals surface area contributed by atoms with Crippen molar-refractivity contribution >= 4 is 25.7 Å². The van der Waals surface area contributed by atoms with Crippen molar-refractivity contribution in [2.24, 2.45) is 0 Å².